The van der Waals surface area contributed by atoms with Gasteiger partial charge >= 0.3 is 6.03 Å². The Morgan fingerprint density at radius 2 is 1.54 bits per heavy atom. The first-order valence-electron chi connectivity index (χ1n) is 11.6. The van der Waals surface area contributed by atoms with Gasteiger partial charge in [0.1, 0.15) is 0 Å². The number of carbonyl (C=O) groups is 1. The van der Waals surface area contributed by atoms with E-state index in [0.717, 1.165) is 23.5 Å². The van der Waals surface area contributed by atoms with E-state index >= 15 is 0 Å². The fourth-order valence-corrected chi connectivity index (χ4v) is 4.04. The Labute approximate surface area is 205 Å². The minimum Gasteiger partial charge on any atom is -0.493 e. The summed E-state index contributed by atoms with van der Waals surface area (Å²) in [7, 11) is 4.73. The van der Waals surface area contributed by atoms with Crippen LogP contribution in [0.4, 0.5) is 16.3 Å². The smallest absolute Gasteiger partial charge is 0.321 e. The van der Waals surface area contributed by atoms with Crippen LogP contribution in [0.1, 0.15) is 12.5 Å². The molecular formula is C26H31N5O4. The van der Waals surface area contributed by atoms with E-state index in [0.29, 0.717) is 49.1 Å². The zero-order valence-electron chi connectivity index (χ0n) is 20.6. The van der Waals surface area contributed by atoms with Gasteiger partial charge in [-0.2, -0.15) is 0 Å². The van der Waals surface area contributed by atoms with Gasteiger partial charge in [-0.25, -0.2) is 4.79 Å². The van der Waals surface area contributed by atoms with Gasteiger partial charge in [-0.3, -0.25) is 0 Å². The molecule has 9 heteroatoms. The number of nitrogens with one attached hydrogen (secondary N) is 1. The highest BCUT2D eigenvalue weighted by molar-refractivity contribution is 5.89. The molecule has 9 nitrogen and oxygen atoms in total. The summed E-state index contributed by atoms with van der Waals surface area (Å²) in [5, 5.41) is 11.8. The molecule has 2 amide bonds. The van der Waals surface area contributed by atoms with Crippen molar-refractivity contribution < 1.29 is 19.0 Å². The first kappa shape index (κ1) is 24.1. The van der Waals surface area contributed by atoms with Gasteiger partial charge in [0.2, 0.25) is 5.75 Å². The molecule has 0 aliphatic carbocycles. The van der Waals surface area contributed by atoms with Gasteiger partial charge < -0.3 is 29.3 Å². The Kier molecular flexibility index (Phi) is 7.54. The maximum absolute atomic E-state index is 12.7. The summed E-state index contributed by atoms with van der Waals surface area (Å²) >= 11 is 0. The Morgan fingerprint density at radius 3 is 2.06 bits per heavy atom. The van der Waals surface area contributed by atoms with Crippen LogP contribution >= 0.6 is 0 Å². The third kappa shape index (κ3) is 5.40. The molecule has 1 N–H and O–H groups in total. The third-order valence-corrected chi connectivity index (χ3v) is 6.12. The molecule has 0 unspecified atom stereocenters. The number of aryl methyl sites for hydroxylation is 1. The van der Waals surface area contributed by atoms with Crippen LogP contribution in [0.2, 0.25) is 0 Å². The second kappa shape index (κ2) is 10.9. The largest absolute Gasteiger partial charge is 0.493 e. The van der Waals surface area contributed by atoms with Crippen LogP contribution in [0.3, 0.4) is 0 Å². The van der Waals surface area contributed by atoms with Crippen molar-refractivity contribution in [2.45, 2.75) is 13.3 Å². The lowest BCUT2D eigenvalue weighted by Crippen LogP contribution is -2.50. The predicted octanol–water partition coefficient (Wildman–Crippen LogP) is 4.09. The van der Waals surface area contributed by atoms with Crippen molar-refractivity contribution >= 4 is 17.5 Å². The van der Waals surface area contributed by atoms with Crippen molar-refractivity contribution in [1.29, 1.82) is 0 Å². The fraction of sp³-hybridized carbons (Fsp3) is 0.346. The van der Waals surface area contributed by atoms with E-state index in [9.17, 15) is 4.79 Å². The molecule has 0 spiro atoms. The lowest BCUT2D eigenvalue weighted by Gasteiger charge is -2.35. The molecule has 1 fully saturated rings. The highest BCUT2D eigenvalue weighted by Crippen LogP contribution is 2.40. The van der Waals surface area contributed by atoms with Gasteiger partial charge in [0.05, 0.1) is 27.0 Å². The second-order valence-electron chi connectivity index (χ2n) is 8.15. The molecule has 184 valence electrons. The van der Waals surface area contributed by atoms with Crippen LogP contribution in [-0.4, -0.2) is 68.6 Å². The van der Waals surface area contributed by atoms with Gasteiger partial charge in [0.25, 0.3) is 0 Å². The monoisotopic (exact) mass is 477 g/mol. The van der Waals surface area contributed by atoms with Crippen molar-refractivity contribution in [1.82, 2.24) is 15.1 Å². The van der Waals surface area contributed by atoms with Crippen molar-refractivity contribution in [3.63, 3.8) is 0 Å². The number of rotatable bonds is 7. The van der Waals surface area contributed by atoms with E-state index in [2.05, 4.69) is 27.3 Å². The lowest BCUT2D eigenvalue weighted by atomic mass is 10.1. The number of aromatic nitrogens is 2. The first-order chi connectivity index (χ1) is 17.1. The molecule has 1 aliphatic rings. The van der Waals surface area contributed by atoms with Crippen molar-refractivity contribution in [2.75, 3.05) is 57.7 Å². The number of ether oxygens (including phenoxy) is 3. The summed E-state index contributed by atoms with van der Waals surface area (Å²) in [5.41, 5.74) is 3.56. The van der Waals surface area contributed by atoms with Crippen LogP contribution in [0.5, 0.6) is 17.2 Å². The number of hydrogen-bond donors (Lipinski definition) is 1. The molecular weight excluding hydrogens is 446 g/mol. The van der Waals surface area contributed by atoms with E-state index in [4.69, 9.17) is 14.2 Å². The molecule has 0 atom stereocenters. The quantitative estimate of drug-likeness (QED) is 0.548. The first-order valence-corrected chi connectivity index (χ1v) is 11.6. The highest BCUT2D eigenvalue weighted by atomic mass is 16.5. The Balaban J connectivity index is 1.38. The molecule has 0 bridgehead atoms. The summed E-state index contributed by atoms with van der Waals surface area (Å²) < 4.78 is 16.3. The van der Waals surface area contributed by atoms with Gasteiger partial charge in [-0.1, -0.05) is 19.1 Å². The number of piperazine rings is 1. The van der Waals surface area contributed by atoms with Crippen LogP contribution < -0.4 is 24.4 Å². The van der Waals surface area contributed by atoms with E-state index in [1.165, 1.54) is 5.56 Å². The molecule has 2 heterocycles. The topological polar surface area (TPSA) is 89.1 Å². The number of urea groups is 1. The fourth-order valence-electron chi connectivity index (χ4n) is 4.04. The number of carbonyl (C=O) groups excluding carboxylic acids is 1. The molecule has 4 rings (SSSR count). The maximum atomic E-state index is 12.7. The SMILES string of the molecule is CCc1ccc(NC(=O)N2CCN(c3ccc(-c4cc(OC)c(OC)c(OC)c4)nn3)CC2)cc1. The zero-order valence-corrected chi connectivity index (χ0v) is 20.6. The minimum atomic E-state index is -0.0854. The zero-order chi connectivity index (χ0) is 24.8. The normalized spacial score (nSPS) is 13.4. The number of anilines is 2. The number of methoxy groups -OCH3 is 3. The number of amides is 2. The summed E-state index contributed by atoms with van der Waals surface area (Å²) in [6.07, 6.45) is 0.975. The molecule has 1 aromatic heterocycles. The van der Waals surface area contributed by atoms with Gasteiger partial charge in [0.15, 0.2) is 17.3 Å². The van der Waals surface area contributed by atoms with Gasteiger partial charge in [0, 0.05) is 37.4 Å². The standard InChI is InChI=1S/C26H31N5O4/c1-5-18-6-8-20(9-7-18)27-26(32)31-14-12-30(13-15-31)24-11-10-21(28-29-24)19-16-22(33-2)25(35-4)23(17-19)34-3/h6-11,16-17H,5,12-15H2,1-4H3,(H,27,32). The maximum Gasteiger partial charge on any atom is 0.321 e. The van der Waals surface area contributed by atoms with Crippen LogP contribution in [0.15, 0.2) is 48.5 Å². The molecule has 0 saturated carbocycles. The Bertz CT molecular complexity index is 1120. The third-order valence-electron chi connectivity index (χ3n) is 6.12. The highest BCUT2D eigenvalue weighted by Gasteiger charge is 2.22. The lowest BCUT2D eigenvalue weighted by molar-refractivity contribution is 0.208. The van der Waals surface area contributed by atoms with Crippen molar-refractivity contribution in [2.24, 2.45) is 0 Å². The number of hydrogen-bond acceptors (Lipinski definition) is 7. The summed E-state index contributed by atoms with van der Waals surface area (Å²) in [5.74, 6) is 2.42. The number of nitrogens with zero attached hydrogens (tertiary/aromatic N) is 4. The van der Waals surface area contributed by atoms with Crippen LogP contribution in [0, 0.1) is 0 Å². The summed E-state index contributed by atoms with van der Waals surface area (Å²) in [6, 6.07) is 15.4. The van der Waals surface area contributed by atoms with Gasteiger partial charge in [-0.05, 0) is 48.4 Å². The molecule has 2 aromatic carbocycles. The Hall–Kier alpha value is -4.01. The molecule has 1 saturated heterocycles. The van der Waals surface area contributed by atoms with E-state index < -0.39 is 0 Å². The molecule has 1 aliphatic heterocycles. The predicted molar refractivity (Wildman–Crippen MR) is 136 cm³/mol. The van der Waals surface area contributed by atoms with Crippen molar-refractivity contribution in [3.8, 4) is 28.5 Å². The number of benzene rings is 2. The summed E-state index contributed by atoms with van der Waals surface area (Å²) in [6.45, 7) is 4.68. The average molecular weight is 478 g/mol. The Morgan fingerprint density at radius 1 is 0.886 bits per heavy atom. The van der Waals surface area contributed by atoms with E-state index in [1.807, 2.05) is 53.4 Å². The second-order valence-corrected chi connectivity index (χ2v) is 8.15. The van der Waals surface area contributed by atoms with Crippen LogP contribution in [-0.2, 0) is 6.42 Å². The minimum absolute atomic E-state index is 0.0854. The average Bonchev–Trinajstić information content (AvgIpc) is 2.92. The summed E-state index contributed by atoms with van der Waals surface area (Å²) in [4.78, 5) is 16.6. The molecule has 0 radical (unpaired) electrons. The van der Waals surface area contributed by atoms with Crippen molar-refractivity contribution in [3.05, 3.63) is 54.1 Å². The molecule has 35 heavy (non-hydrogen) atoms. The van der Waals surface area contributed by atoms with E-state index in [1.54, 1.807) is 21.3 Å². The van der Waals surface area contributed by atoms with Crippen LogP contribution in [0.25, 0.3) is 11.3 Å². The van der Waals surface area contributed by atoms with Gasteiger partial charge in [-0.15, -0.1) is 10.2 Å². The van der Waals surface area contributed by atoms with E-state index in [-0.39, 0.29) is 6.03 Å². The molecule has 3 aromatic rings.